The van der Waals surface area contributed by atoms with Crippen LogP contribution in [0.4, 0.5) is 18.9 Å². The first kappa shape index (κ1) is 13.0. The molecule has 0 fully saturated rings. The summed E-state index contributed by atoms with van der Waals surface area (Å²) < 4.78 is 37.0. The van der Waals surface area contributed by atoms with Gasteiger partial charge in [-0.1, -0.05) is 6.07 Å². The van der Waals surface area contributed by atoms with E-state index >= 15 is 0 Å². The lowest BCUT2D eigenvalue weighted by Crippen LogP contribution is -2.21. The van der Waals surface area contributed by atoms with Crippen LogP contribution in [0.25, 0.3) is 0 Å². The van der Waals surface area contributed by atoms with Crippen molar-refractivity contribution in [3.63, 3.8) is 0 Å². The quantitative estimate of drug-likeness (QED) is 0.562. The Morgan fingerprint density at radius 2 is 2.06 bits per heavy atom. The maximum absolute atomic E-state index is 12.3. The summed E-state index contributed by atoms with van der Waals surface area (Å²) in [6.07, 6.45) is -4.81. The molecular weight excluding hydrogens is 235 g/mol. The molecule has 17 heavy (non-hydrogen) atoms. The predicted molar refractivity (Wildman–Crippen MR) is 56.6 cm³/mol. The third kappa shape index (κ3) is 4.13. The second-order valence-electron chi connectivity index (χ2n) is 3.33. The minimum absolute atomic E-state index is 0.0195. The lowest BCUT2D eigenvalue weighted by atomic mass is 10.2. The van der Waals surface area contributed by atoms with Gasteiger partial charge in [0.05, 0.1) is 12.0 Å². The molecule has 0 spiro atoms. The van der Waals surface area contributed by atoms with E-state index in [1.54, 1.807) is 0 Å². The summed E-state index contributed by atoms with van der Waals surface area (Å²) in [7, 11) is 0. The van der Waals surface area contributed by atoms with Crippen LogP contribution in [0.2, 0.25) is 0 Å². The summed E-state index contributed by atoms with van der Waals surface area (Å²) in [5, 5.41) is 9.09. The zero-order valence-corrected chi connectivity index (χ0v) is 8.64. The van der Waals surface area contributed by atoms with E-state index in [1.807, 2.05) is 0 Å². The zero-order valence-electron chi connectivity index (χ0n) is 8.64. The third-order valence-electron chi connectivity index (χ3n) is 1.82. The standard InChI is InChI=1S/C10H10F3N3O/c11-10(12,13)6-2-1-3-7(4-6)16-9(17)5-8(14)15/h1-4H,5H2,(H3,14,15)(H,16,17). The molecule has 1 amide bonds. The fraction of sp³-hybridized carbons (Fsp3) is 0.200. The molecule has 4 N–H and O–H groups in total. The Hall–Kier alpha value is -2.05. The van der Waals surface area contributed by atoms with Crippen LogP contribution in [0, 0.1) is 5.41 Å². The van der Waals surface area contributed by atoms with Gasteiger partial charge < -0.3 is 11.1 Å². The first-order valence-corrected chi connectivity index (χ1v) is 4.59. The van der Waals surface area contributed by atoms with E-state index in [0.29, 0.717) is 0 Å². The molecule has 0 saturated carbocycles. The topological polar surface area (TPSA) is 79.0 Å². The molecule has 1 rings (SSSR count). The number of hydrogen-bond acceptors (Lipinski definition) is 2. The number of halogens is 3. The van der Waals surface area contributed by atoms with Gasteiger partial charge in [-0.3, -0.25) is 10.2 Å². The van der Waals surface area contributed by atoms with Crippen molar-refractivity contribution in [2.75, 3.05) is 5.32 Å². The molecule has 0 unspecified atom stereocenters. The first-order valence-electron chi connectivity index (χ1n) is 4.59. The Morgan fingerprint density at radius 1 is 1.41 bits per heavy atom. The number of hydrogen-bond donors (Lipinski definition) is 3. The van der Waals surface area contributed by atoms with Crippen LogP contribution >= 0.6 is 0 Å². The van der Waals surface area contributed by atoms with Gasteiger partial charge >= 0.3 is 6.18 Å². The molecule has 0 radical (unpaired) electrons. The lowest BCUT2D eigenvalue weighted by Gasteiger charge is -2.09. The average Bonchev–Trinajstić information content (AvgIpc) is 2.15. The summed E-state index contributed by atoms with van der Waals surface area (Å²) >= 11 is 0. The van der Waals surface area contributed by atoms with Gasteiger partial charge in [-0.05, 0) is 18.2 Å². The van der Waals surface area contributed by atoms with Gasteiger partial charge in [-0.15, -0.1) is 0 Å². The van der Waals surface area contributed by atoms with Crippen molar-refractivity contribution in [1.29, 1.82) is 5.41 Å². The summed E-state index contributed by atoms with van der Waals surface area (Å²) in [5.41, 5.74) is 4.16. The van der Waals surface area contributed by atoms with E-state index in [0.717, 1.165) is 12.1 Å². The number of carbonyl (C=O) groups excluding carboxylic acids is 1. The van der Waals surface area contributed by atoms with E-state index in [1.165, 1.54) is 12.1 Å². The number of anilines is 1. The second kappa shape index (κ2) is 4.86. The molecular formula is C10H10F3N3O. The average molecular weight is 245 g/mol. The largest absolute Gasteiger partial charge is 0.416 e. The van der Waals surface area contributed by atoms with Crippen LogP contribution in [0.3, 0.4) is 0 Å². The highest BCUT2D eigenvalue weighted by molar-refractivity contribution is 6.03. The Bertz CT molecular complexity index is 443. The lowest BCUT2D eigenvalue weighted by molar-refractivity contribution is -0.137. The monoisotopic (exact) mass is 245 g/mol. The number of alkyl halides is 3. The van der Waals surface area contributed by atoms with Gasteiger partial charge in [-0.2, -0.15) is 13.2 Å². The zero-order chi connectivity index (χ0) is 13.1. The predicted octanol–water partition coefficient (Wildman–Crippen LogP) is 1.97. The fourth-order valence-corrected chi connectivity index (χ4v) is 1.15. The van der Waals surface area contributed by atoms with Crippen molar-refractivity contribution in [2.45, 2.75) is 12.6 Å². The number of amidine groups is 1. The highest BCUT2D eigenvalue weighted by atomic mass is 19.4. The summed E-state index contributed by atoms with van der Waals surface area (Å²) in [6, 6.07) is 4.23. The molecule has 7 heteroatoms. The molecule has 0 aliphatic carbocycles. The molecule has 0 aliphatic heterocycles. The van der Waals surface area contributed by atoms with Crippen molar-refractivity contribution < 1.29 is 18.0 Å². The summed E-state index contributed by atoms with van der Waals surface area (Å²) in [4.78, 5) is 11.2. The summed E-state index contributed by atoms with van der Waals surface area (Å²) in [6.45, 7) is 0. The van der Waals surface area contributed by atoms with Crippen LogP contribution < -0.4 is 11.1 Å². The van der Waals surface area contributed by atoms with Gasteiger partial charge in [0.15, 0.2) is 0 Å². The van der Waals surface area contributed by atoms with Crippen molar-refractivity contribution in [2.24, 2.45) is 5.73 Å². The fourth-order valence-electron chi connectivity index (χ4n) is 1.15. The van der Waals surface area contributed by atoms with E-state index in [2.05, 4.69) is 5.32 Å². The number of benzene rings is 1. The minimum Gasteiger partial charge on any atom is -0.387 e. The summed E-state index contributed by atoms with van der Waals surface area (Å²) in [5.74, 6) is -0.980. The van der Waals surface area contributed by atoms with Crippen molar-refractivity contribution in [3.8, 4) is 0 Å². The van der Waals surface area contributed by atoms with Crippen LogP contribution in [0.15, 0.2) is 24.3 Å². The number of nitrogens with one attached hydrogen (secondary N) is 2. The van der Waals surface area contributed by atoms with E-state index in [-0.39, 0.29) is 17.9 Å². The molecule has 0 aromatic heterocycles. The van der Waals surface area contributed by atoms with Crippen molar-refractivity contribution in [1.82, 2.24) is 0 Å². The smallest absolute Gasteiger partial charge is 0.387 e. The number of amides is 1. The molecule has 0 atom stereocenters. The Kier molecular flexibility index (Phi) is 3.72. The number of nitrogens with two attached hydrogens (primary N) is 1. The Morgan fingerprint density at radius 3 is 2.59 bits per heavy atom. The van der Waals surface area contributed by atoms with Crippen LogP contribution in [0.1, 0.15) is 12.0 Å². The highest BCUT2D eigenvalue weighted by Gasteiger charge is 2.30. The normalized spacial score (nSPS) is 11.0. The third-order valence-corrected chi connectivity index (χ3v) is 1.82. The number of rotatable bonds is 3. The van der Waals surface area contributed by atoms with Crippen LogP contribution in [0.5, 0.6) is 0 Å². The molecule has 0 saturated heterocycles. The van der Waals surface area contributed by atoms with Crippen LogP contribution in [-0.4, -0.2) is 11.7 Å². The molecule has 0 aliphatic rings. The number of carbonyl (C=O) groups is 1. The molecule has 0 heterocycles. The first-order chi connectivity index (χ1) is 7.79. The van der Waals surface area contributed by atoms with E-state index < -0.39 is 17.6 Å². The molecule has 1 aromatic carbocycles. The highest BCUT2D eigenvalue weighted by Crippen LogP contribution is 2.30. The van der Waals surface area contributed by atoms with Crippen molar-refractivity contribution in [3.05, 3.63) is 29.8 Å². The molecule has 1 aromatic rings. The maximum Gasteiger partial charge on any atom is 0.416 e. The molecule has 4 nitrogen and oxygen atoms in total. The second-order valence-corrected chi connectivity index (χ2v) is 3.33. The molecule has 0 bridgehead atoms. The van der Waals surface area contributed by atoms with Crippen molar-refractivity contribution >= 4 is 17.4 Å². The Labute approximate surface area is 95.1 Å². The Balaban J connectivity index is 2.79. The van der Waals surface area contributed by atoms with Gasteiger partial charge in [0.25, 0.3) is 0 Å². The van der Waals surface area contributed by atoms with Gasteiger partial charge in [-0.25, -0.2) is 0 Å². The minimum atomic E-state index is -4.46. The van der Waals surface area contributed by atoms with Crippen LogP contribution in [-0.2, 0) is 11.0 Å². The SMILES string of the molecule is N=C(N)CC(=O)Nc1cccc(C(F)(F)F)c1. The van der Waals surface area contributed by atoms with E-state index in [4.69, 9.17) is 11.1 Å². The van der Waals surface area contributed by atoms with Gasteiger partial charge in [0.1, 0.15) is 5.84 Å². The molecule has 92 valence electrons. The maximum atomic E-state index is 12.3. The van der Waals surface area contributed by atoms with E-state index in [9.17, 15) is 18.0 Å². The van der Waals surface area contributed by atoms with Gasteiger partial charge in [0.2, 0.25) is 5.91 Å². The van der Waals surface area contributed by atoms with Gasteiger partial charge in [0, 0.05) is 5.69 Å².